The first-order valence-electron chi connectivity index (χ1n) is 4.74. The van der Waals surface area contributed by atoms with Gasteiger partial charge in [-0.25, -0.2) is 0 Å². The molecule has 0 heterocycles. The topological polar surface area (TPSA) is 15.3 Å². The fraction of sp³-hybridized carbons (Fsp3) is 0.333. The second kappa shape index (κ2) is 7.46. The molecule has 1 N–H and O–H groups in total. The zero-order chi connectivity index (χ0) is 11.8. The van der Waals surface area contributed by atoms with Crippen molar-refractivity contribution < 1.29 is 0 Å². The van der Waals surface area contributed by atoms with Crippen molar-refractivity contribution in [2.75, 3.05) is 21.1 Å². The lowest BCUT2D eigenvalue weighted by Gasteiger charge is -2.02. The van der Waals surface area contributed by atoms with Crippen molar-refractivity contribution in [3.63, 3.8) is 0 Å². The smallest absolute Gasteiger partial charge is 0.0480 e. The Morgan fingerprint density at radius 2 is 1.93 bits per heavy atom. The van der Waals surface area contributed by atoms with Crippen LogP contribution in [0.4, 0.5) is 0 Å². The van der Waals surface area contributed by atoms with Crippen molar-refractivity contribution in [2.45, 2.75) is 6.92 Å². The number of hydrogen-bond acceptors (Lipinski definition) is 2. The molecule has 1 aromatic rings. The van der Waals surface area contributed by atoms with Crippen LogP contribution in [0.15, 0.2) is 24.8 Å². The summed E-state index contributed by atoms with van der Waals surface area (Å²) < 4.78 is 0. The van der Waals surface area contributed by atoms with Crippen molar-refractivity contribution in [3.05, 3.63) is 40.9 Å². The van der Waals surface area contributed by atoms with Crippen molar-refractivity contribution in [3.8, 4) is 0 Å². The van der Waals surface area contributed by atoms with E-state index in [0.29, 0.717) is 0 Å². The fourth-order valence-electron chi connectivity index (χ4n) is 0.798. The Morgan fingerprint density at radius 1 is 1.40 bits per heavy atom. The maximum Gasteiger partial charge on any atom is 0.0480 e. The van der Waals surface area contributed by atoms with Crippen LogP contribution in [-0.2, 0) is 0 Å². The summed E-state index contributed by atoms with van der Waals surface area (Å²) in [7, 11) is 5.76. The minimum absolute atomic E-state index is 0.773. The number of nitrogens with one attached hydrogen (secondary N) is 1. The number of rotatable bonds is 2. The zero-order valence-electron chi connectivity index (χ0n) is 9.84. The highest BCUT2D eigenvalue weighted by molar-refractivity contribution is 6.32. The Balaban J connectivity index is 0.000000336. The van der Waals surface area contributed by atoms with E-state index in [4.69, 9.17) is 11.6 Å². The van der Waals surface area contributed by atoms with Crippen LogP contribution in [0.25, 0.3) is 6.08 Å². The summed E-state index contributed by atoms with van der Waals surface area (Å²) in [5.74, 6) is 0. The van der Waals surface area contributed by atoms with E-state index in [0.717, 1.165) is 10.6 Å². The van der Waals surface area contributed by atoms with E-state index in [9.17, 15) is 0 Å². The molecule has 0 aromatic heterocycles. The standard InChI is InChI=1S/C9H9Cl.C3H10N2/c1-3-8-5-4-7(2)6-9(8)10;1-4-5(2)3/h3-6H,1H2,2H3;4H,1-3H3. The molecule has 15 heavy (non-hydrogen) atoms. The predicted molar refractivity (Wildman–Crippen MR) is 69.0 cm³/mol. The molecule has 0 aliphatic rings. The average Bonchev–Trinajstić information content (AvgIpc) is 2.19. The summed E-state index contributed by atoms with van der Waals surface area (Å²) in [6, 6.07) is 5.91. The Bertz CT molecular complexity index is 308. The van der Waals surface area contributed by atoms with E-state index in [-0.39, 0.29) is 0 Å². The number of hydrazine groups is 1. The molecule has 1 rings (SSSR count). The van der Waals surface area contributed by atoms with Crippen LogP contribution < -0.4 is 5.43 Å². The molecule has 0 amide bonds. The monoisotopic (exact) mass is 226 g/mol. The Labute approximate surface area is 97.5 Å². The van der Waals surface area contributed by atoms with Gasteiger partial charge in [-0.05, 0) is 31.2 Å². The highest BCUT2D eigenvalue weighted by atomic mass is 35.5. The SMILES string of the molecule is C=Cc1ccc(C)cc1Cl.CNN(C)C. The molecule has 1 aromatic carbocycles. The highest BCUT2D eigenvalue weighted by Gasteiger charge is 1.93. The Morgan fingerprint density at radius 3 is 2.27 bits per heavy atom. The number of halogens is 1. The third-order valence-electron chi connectivity index (χ3n) is 1.82. The van der Waals surface area contributed by atoms with Gasteiger partial charge in [0.2, 0.25) is 0 Å². The molecule has 0 saturated carbocycles. The van der Waals surface area contributed by atoms with Gasteiger partial charge in [-0.3, -0.25) is 10.4 Å². The molecule has 2 nitrogen and oxygen atoms in total. The van der Waals surface area contributed by atoms with Crippen molar-refractivity contribution in [2.24, 2.45) is 0 Å². The molecule has 0 aliphatic carbocycles. The first kappa shape index (κ1) is 14.2. The van der Waals surface area contributed by atoms with Crippen LogP contribution in [0.5, 0.6) is 0 Å². The van der Waals surface area contributed by atoms with Gasteiger partial charge in [0.15, 0.2) is 0 Å². The molecule has 0 bridgehead atoms. The molecular weight excluding hydrogens is 208 g/mol. The van der Waals surface area contributed by atoms with E-state index in [2.05, 4.69) is 12.0 Å². The van der Waals surface area contributed by atoms with E-state index in [1.54, 1.807) is 6.08 Å². The molecule has 0 radical (unpaired) electrons. The van der Waals surface area contributed by atoms with Gasteiger partial charge in [0.1, 0.15) is 0 Å². The number of nitrogens with zero attached hydrogens (tertiary/aromatic N) is 1. The molecule has 0 fully saturated rings. The number of hydrogen-bond donors (Lipinski definition) is 1. The molecular formula is C12H19ClN2. The molecule has 0 unspecified atom stereocenters. The zero-order valence-corrected chi connectivity index (χ0v) is 10.6. The predicted octanol–water partition coefficient (Wildman–Crippen LogP) is 2.97. The summed E-state index contributed by atoms with van der Waals surface area (Å²) in [5.41, 5.74) is 5.03. The van der Waals surface area contributed by atoms with Gasteiger partial charge >= 0.3 is 0 Å². The van der Waals surface area contributed by atoms with Crippen molar-refractivity contribution >= 4 is 17.7 Å². The summed E-state index contributed by atoms with van der Waals surface area (Å²) in [4.78, 5) is 0. The van der Waals surface area contributed by atoms with Crippen molar-refractivity contribution in [1.29, 1.82) is 0 Å². The van der Waals surface area contributed by atoms with Crippen LogP contribution in [0.3, 0.4) is 0 Å². The number of aryl methyl sites for hydroxylation is 1. The second-order valence-corrected chi connectivity index (χ2v) is 3.75. The molecule has 0 saturated heterocycles. The third kappa shape index (κ3) is 6.28. The van der Waals surface area contributed by atoms with Crippen LogP contribution in [-0.4, -0.2) is 26.2 Å². The lowest BCUT2D eigenvalue weighted by molar-refractivity contribution is 0.323. The molecule has 0 spiro atoms. The lowest BCUT2D eigenvalue weighted by atomic mass is 10.1. The Hall–Kier alpha value is -0.830. The number of benzene rings is 1. The van der Waals surface area contributed by atoms with Gasteiger partial charge in [-0.1, -0.05) is 36.4 Å². The maximum absolute atomic E-state index is 5.86. The van der Waals surface area contributed by atoms with E-state index >= 15 is 0 Å². The summed E-state index contributed by atoms with van der Waals surface area (Å²) in [6.45, 7) is 5.65. The largest absolute Gasteiger partial charge is 0.259 e. The minimum atomic E-state index is 0.773. The van der Waals surface area contributed by atoms with Gasteiger partial charge in [-0.2, -0.15) is 0 Å². The van der Waals surface area contributed by atoms with Gasteiger partial charge in [0.05, 0.1) is 0 Å². The molecule has 0 atom stereocenters. The molecule has 0 aliphatic heterocycles. The van der Waals surface area contributed by atoms with Crippen LogP contribution in [0.2, 0.25) is 5.02 Å². The second-order valence-electron chi connectivity index (χ2n) is 3.35. The first-order chi connectivity index (χ1) is 7.01. The maximum atomic E-state index is 5.86. The van der Waals surface area contributed by atoms with E-state index < -0.39 is 0 Å². The normalized spacial score (nSPS) is 9.47. The van der Waals surface area contributed by atoms with Gasteiger partial charge < -0.3 is 0 Å². The quantitative estimate of drug-likeness (QED) is 0.781. The Kier molecular flexibility index (Phi) is 7.05. The van der Waals surface area contributed by atoms with Gasteiger partial charge in [0, 0.05) is 19.1 Å². The molecule has 84 valence electrons. The summed E-state index contributed by atoms with van der Waals surface area (Å²) >= 11 is 5.86. The summed E-state index contributed by atoms with van der Waals surface area (Å²) in [6.07, 6.45) is 1.75. The third-order valence-corrected chi connectivity index (χ3v) is 2.15. The van der Waals surface area contributed by atoms with Crippen LogP contribution >= 0.6 is 11.6 Å². The van der Waals surface area contributed by atoms with Crippen LogP contribution in [0.1, 0.15) is 11.1 Å². The molecule has 3 heteroatoms. The minimum Gasteiger partial charge on any atom is -0.259 e. The van der Waals surface area contributed by atoms with E-state index in [1.807, 2.05) is 51.3 Å². The van der Waals surface area contributed by atoms with E-state index in [1.165, 1.54) is 5.56 Å². The van der Waals surface area contributed by atoms with Gasteiger partial charge in [-0.15, -0.1) is 0 Å². The van der Waals surface area contributed by atoms with Crippen LogP contribution in [0, 0.1) is 6.92 Å². The average molecular weight is 227 g/mol. The fourth-order valence-corrected chi connectivity index (χ4v) is 1.11. The van der Waals surface area contributed by atoms with Gasteiger partial charge in [0.25, 0.3) is 0 Å². The first-order valence-corrected chi connectivity index (χ1v) is 5.12. The summed E-state index contributed by atoms with van der Waals surface area (Å²) in [5, 5.41) is 2.65. The lowest BCUT2D eigenvalue weighted by Crippen LogP contribution is -2.25. The highest BCUT2D eigenvalue weighted by Crippen LogP contribution is 2.17. The van der Waals surface area contributed by atoms with Crippen molar-refractivity contribution in [1.82, 2.24) is 10.4 Å².